The summed E-state index contributed by atoms with van der Waals surface area (Å²) in [6.45, 7) is 11.3. The lowest BCUT2D eigenvalue weighted by atomic mass is 10.1. The number of aromatic nitrogens is 4. The van der Waals surface area contributed by atoms with E-state index in [1.807, 2.05) is 13.8 Å². The van der Waals surface area contributed by atoms with E-state index in [0.717, 1.165) is 17.0 Å². The molecule has 0 unspecified atom stereocenters. The van der Waals surface area contributed by atoms with Crippen LogP contribution in [0, 0.1) is 13.8 Å². The number of carbonyl (C=O) groups excluding carboxylic acids is 2. The number of rotatable bonds is 9. The maximum absolute atomic E-state index is 12.1. The van der Waals surface area contributed by atoms with E-state index in [0.29, 0.717) is 25.3 Å². The molecule has 0 radical (unpaired) electrons. The van der Waals surface area contributed by atoms with Gasteiger partial charge in [-0.05, 0) is 25.8 Å². The number of fused-ring (bicyclic) bond motifs is 1. The monoisotopic (exact) mass is 372 g/mol. The molecule has 2 aromatic rings. The second-order valence-corrected chi connectivity index (χ2v) is 5.98. The Hall–Kier alpha value is -3.23. The molecule has 0 bridgehead atoms. The molecule has 9 nitrogen and oxygen atoms in total. The average molecular weight is 372 g/mol. The zero-order valence-corrected chi connectivity index (χ0v) is 15.6. The third kappa shape index (κ3) is 4.90. The Morgan fingerprint density at radius 2 is 1.89 bits per heavy atom. The fourth-order valence-electron chi connectivity index (χ4n) is 2.71. The second-order valence-electron chi connectivity index (χ2n) is 5.98. The normalized spacial score (nSPS) is 10.6. The van der Waals surface area contributed by atoms with Crippen molar-refractivity contribution in [2.45, 2.75) is 26.7 Å². The van der Waals surface area contributed by atoms with Crippen molar-refractivity contribution in [2.24, 2.45) is 0 Å². The molecule has 2 heterocycles. The lowest BCUT2D eigenvalue weighted by molar-refractivity contribution is -0.151. The molecule has 1 amide bonds. The van der Waals surface area contributed by atoms with E-state index in [1.54, 1.807) is 16.7 Å². The molecule has 0 spiro atoms. The van der Waals surface area contributed by atoms with Crippen LogP contribution in [0.1, 0.15) is 23.4 Å². The number of nitrogens with zero attached hydrogens (tertiary/aromatic N) is 5. The molecule has 0 aliphatic carbocycles. The van der Waals surface area contributed by atoms with Crippen LogP contribution in [0.3, 0.4) is 0 Å². The first-order valence-electron chi connectivity index (χ1n) is 8.50. The van der Waals surface area contributed by atoms with Gasteiger partial charge in [0.1, 0.15) is 0 Å². The van der Waals surface area contributed by atoms with E-state index in [1.165, 1.54) is 4.90 Å². The quantitative estimate of drug-likeness (QED) is 0.515. The van der Waals surface area contributed by atoms with Crippen molar-refractivity contribution < 1.29 is 14.3 Å². The van der Waals surface area contributed by atoms with Gasteiger partial charge < -0.3 is 15.4 Å². The Balaban J connectivity index is 1.95. The van der Waals surface area contributed by atoms with Gasteiger partial charge >= 0.3 is 5.97 Å². The third-order valence-corrected chi connectivity index (χ3v) is 4.05. The molecule has 0 saturated heterocycles. The van der Waals surface area contributed by atoms with Crippen molar-refractivity contribution in [1.82, 2.24) is 24.5 Å². The lowest BCUT2D eigenvalue weighted by Crippen LogP contribution is -2.35. The van der Waals surface area contributed by atoms with Gasteiger partial charge in [-0.1, -0.05) is 12.2 Å². The number of ether oxygens (including phenoxy) is 1. The van der Waals surface area contributed by atoms with Gasteiger partial charge in [-0.2, -0.15) is 9.50 Å². The van der Waals surface area contributed by atoms with Gasteiger partial charge in [-0.3, -0.25) is 9.59 Å². The molecular formula is C18H24N6O3. The molecule has 0 fully saturated rings. The van der Waals surface area contributed by atoms with Crippen molar-refractivity contribution in [3.8, 4) is 0 Å². The summed E-state index contributed by atoms with van der Waals surface area (Å²) in [5, 5.41) is 4.09. The van der Waals surface area contributed by atoms with E-state index in [4.69, 9.17) is 10.5 Å². The number of hydrogen-bond donors (Lipinski definition) is 1. The van der Waals surface area contributed by atoms with E-state index >= 15 is 0 Å². The number of aryl methyl sites for hydroxylation is 2. The van der Waals surface area contributed by atoms with Gasteiger partial charge in [0.25, 0.3) is 11.7 Å². The summed E-state index contributed by atoms with van der Waals surface area (Å²) in [5.74, 6) is -0.193. The summed E-state index contributed by atoms with van der Waals surface area (Å²) in [5.41, 5.74) is 8.05. The van der Waals surface area contributed by atoms with Crippen LogP contribution in [0.5, 0.6) is 0 Å². The van der Waals surface area contributed by atoms with Crippen LogP contribution < -0.4 is 5.73 Å². The van der Waals surface area contributed by atoms with E-state index in [9.17, 15) is 9.59 Å². The van der Waals surface area contributed by atoms with Crippen LogP contribution in [-0.4, -0.2) is 56.1 Å². The van der Waals surface area contributed by atoms with Crippen molar-refractivity contribution in [3.05, 3.63) is 42.3 Å². The average Bonchev–Trinajstić information content (AvgIpc) is 2.99. The molecule has 0 aliphatic rings. The van der Waals surface area contributed by atoms with Crippen LogP contribution >= 0.6 is 0 Å². The highest BCUT2D eigenvalue weighted by Crippen LogP contribution is 2.16. The molecule has 0 aromatic carbocycles. The zero-order valence-electron chi connectivity index (χ0n) is 15.6. The molecule has 27 heavy (non-hydrogen) atoms. The van der Waals surface area contributed by atoms with Crippen LogP contribution in [0.15, 0.2) is 25.3 Å². The number of nitrogens with two attached hydrogens (primary N) is 1. The summed E-state index contributed by atoms with van der Waals surface area (Å²) >= 11 is 0. The predicted molar refractivity (Wildman–Crippen MR) is 101 cm³/mol. The number of esters is 1. The summed E-state index contributed by atoms with van der Waals surface area (Å²) < 4.78 is 6.65. The molecule has 9 heteroatoms. The smallest absolute Gasteiger partial charge is 0.306 e. The van der Waals surface area contributed by atoms with Gasteiger partial charge in [-0.25, -0.2) is 4.98 Å². The number of hydrogen-bond acceptors (Lipinski definition) is 7. The van der Waals surface area contributed by atoms with E-state index < -0.39 is 5.97 Å². The lowest BCUT2D eigenvalue weighted by Gasteiger charge is -2.19. The number of amides is 1. The number of nitrogen functional groups attached to an aromatic ring is 1. The van der Waals surface area contributed by atoms with Crippen LogP contribution in [0.2, 0.25) is 0 Å². The Morgan fingerprint density at radius 3 is 2.52 bits per heavy atom. The molecular weight excluding hydrogens is 348 g/mol. The first kappa shape index (κ1) is 20.1. The summed E-state index contributed by atoms with van der Waals surface area (Å²) in [4.78, 5) is 34.0. The van der Waals surface area contributed by atoms with Crippen molar-refractivity contribution >= 4 is 23.6 Å². The molecule has 0 saturated carbocycles. The Labute approximate surface area is 157 Å². The van der Waals surface area contributed by atoms with E-state index in [2.05, 4.69) is 28.2 Å². The highest BCUT2D eigenvalue weighted by molar-refractivity contribution is 5.81. The minimum Gasteiger partial charge on any atom is -0.456 e. The standard InChI is InChI=1S/C18H24N6O3/c1-5-9-23(10-6-2)15(25)11-27-16(26)8-7-14-12(3)20-18-21-17(19)22-24(18)13(14)4/h5-6H,1-2,7-11H2,3-4H3,(H2,19,22). The highest BCUT2D eigenvalue weighted by Gasteiger charge is 2.16. The topological polar surface area (TPSA) is 116 Å². The van der Waals surface area contributed by atoms with Gasteiger partial charge in [0.15, 0.2) is 6.61 Å². The number of anilines is 1. The van der Waals surface area contributed by atoms with Crippen molar-refractivity contribution in [3.63, 3.8) is 0 Å². The van der Waals surface area contributed by atoms with Crippen molar-refractivity contribution in [2.75, 3.05) is 25.4 Å². The molecule has 2 N–H and O–H groups in total. The summed E-state index contributed by atoms with van der Waals surface area (Å²) in [6.07, 6.45) is 3.75. The van der Waals surface area contributed by atoms with Crippen LogP contribution in [-0.2, 0) is 20.7 Å². The van der Waals surface area contributed by atoms with Gasteiger partial charge in [0.05, 0.1) is 0 Å². The van der Waals surface area contributed by atoms with Crippen LogP contribution in [0.4, 0.5) is 5.95 Å². The maximum Gasteiger partial charge on any atom is 0.306 e. The first-order valence-corrected chi connectivity index (χ1v) is 8.50. The second kappa shape index (κ2) is 8.93. The van der Waals surface area contributed by atoms with Crippen LogP contribution in [0.25, 0.3) is 5.78 Å². The summed E-state index contributed by atoms with van der Waals surface area (Å²) in [6, 6.07) is 0. The fraction of sp³-hybridized carbons (Fsp3) is 0.389. The highest BCUT2D eigenvalue weighted by atomic mass is 16.5. The minimum absolute atomic E-state index is 0.120. The molecule has 2 aromatic heterocycles. The van der Waals surface area contributed by atoms with Gasteiger partial charge in [0, 0.05) is 30.9 Å². The third-order valence-electron chi connectivity index (χ3n) is 4.05. The van der Waals surface area contributed by atoms with Gasteiger partial charge in [-0.15, -0.1) is 18.3 Å². The zero-order chi connectivity index (χ0) is 20.0. The maximum atomic E-state index is 12.1. The SMILES string of the molecule is C=CCN(CC=C)C(=O)COC(=O)CCc1c(C)nc2nc(N)nn2c1C. The summed E-state index contributed by atoms with van der Waals surface area (Å²) in [7, 11) is 0. The van der Waals surface area contributed by atoms with E-state index in [-0.39, 0.29) is 24.9 Å². The largest absolute Gasteiger partial charge is 0.456 e. The molecule has 0 aliphatic heterocycles. The Morgan fingerprint density at radius 1 is 1.22 bits per heavy atom. The minimum atomic E-state index is -0.461. The van der Waals surface area contributed by atoms with Gasteiger partial charge in [0.2, 0.25) is 5.95 Å². The van der Waals surface area contributed by atoms with Crippen molar-refractivity contribution in [1.29, 1.82) is 0 Å². The molecule has 0 atom stereocenters. The molecule has 144 valence electrons. The Bertz CT molecular complexity index is 864. The first-order chi connectivity index (χ1) is 12.9. The molecule has 2 rings (SSSR count). The fourth-order valence-corrected chi connectivity index (χ4v) is 2.71. The predicted octanol–water partition coefficient (Wildman–Crippen LogP) is 1.000. The number of carbonyl (C=O) groups is 2. The Kier molecular flexibility index (Phi) is 6.64.